The van der Waals surface area contributed by atoms with Gasteiger partial charge in [0.2, 0.25) is 0 Å². The molecular formula is C12H16IN3OS. The van der Waals surface area contributed by atoms with E-state index in [9.17, 15) is 4.79 Å². The molecule has 2 aromatic heterocycles. The van der Waals surface area contributed by atoms with E-state index in [-0.39, 0.29) is 5.91 Å². The minimum atomic E-state index is -0.108. The van der Waals surface area contributed by atoms with Crippen LogP contribution in [0.3, 0.4) is 0 Å². The fourth-order valence-electron chi connectivity index (χ4n) is 1.55. The molecule has 0 aliphatic rings. The maximum atomic E-state index is 11.5. The van der Waals surface area contributed by atoms with Crippen molar-refractivity contribution in [3.05, 3.63) is 29.6 Å². The zero-order valence-electron chi connectivity index (χ0n) is 10.8. The van der Waals surface area contributed by atoms with Gasteiger partial charge >= 0.3 is 0 Å². The zero-order valence-corrected chi connectivity index (χ0v) is 13.8. The number of carbonyl (C=O) groups excluding carboxylic acids is 1. The minimum Gasteiger partial charge on any atom is -0.355 e. The third-order valence-corrected chi connectivity index (χ3v) is 4.07. The van der Waals surface area contributed by atoms with Crippen LogP contribution in [0, 0.1) is 6.92 Å². The molecule has 6 heteroatoms. The van der Waals surface area contributed by atoms with Crippen LogP contribution in [0.15, 0.2) is 18.5 Å². The summed E-state index contributed by atoms with van der Waals surface area (Å²) >= 11 is 2.20. The van der Waals surface area contributed by atoms with Gasteiger partial charge in [0.05, 0.1) is 5.56 Å². The van der Waals surface area contributed by atoms with Gasteiger partial charge in [-0.25, -0.2) is 4.98 Å². The highest BCUT2D eigenvalue weighted by atomic mass is 127. The Kier molecular flexibility index (Phi) is 5.94. The quantitative estimate of drug-likeness (QED) is 0.814. The van der Waals surface area contributed by atoms with Gasteiger partial charge in [-0.15, -0.1) is 0 Å². The molecule has 0 bridgehead atoms. The Morgan fingerprint density at radius 3 is 2.72 bits per heavy atom. The molecule has 0 saturated carbocycles. The lowest BCUT2D eigenvalue weighted by atomic mass is 10.2. The van der Waals surface area contributed by atoms with E-state index in [1.54, 1.807) is 22.4 Å². The van der Waals surface area contributed by atoms with E-state index in [4.69, 9.17) is 0 Å². The van der Waals surface area contributed by atoms with Crippen molar-refractivity contribution in [1.82, 2.24) is 14.3 Å². The van der Waals surface area contributed by atoms with E-state index >= 15 is 0 Å². The van der Waals surface area contributed by atoms with E-state index in [1.165, 1.54) is 0 Å². The number of pyridine rings is 1. The summed E-state index contributed by atoms with van der Waals surface area (Å²) in [5.74, 6) is -0.108. The van der Waals surface area contributed by atoms with Gasteiger partial charge in [0.15, 0.2) is 5.65 Å². The topological polar surface area (TPSA) is 46.9 Å². The molecule has 0 fully saturated rings. The summed E-state index contributed by atoms with van der Waals surface area (Å²) in [5, 5.41) is 3.61. The summed E-state index contributed by atoms with van der Waals surface area (Å²) in [6.45, 7) is 6.01. The Morgan fingerprint density at radius 2 is 2.17 bits per heavy atom. The molecule has 1 N–H and O–H groups in total. The number of nitrogens with zero attached hydrogens (tertiary/aromatic N) is 2. The first-order valence-corrected chi connectivity index (χ1v) is 8.98. The largest absolute Gasteiger partial charge is 0.355 e. The first-order valence-electron chi connectivity index (χ1n) is 5.66. The van der Waals surface area contributed by atoms with Crippen LogP contribution in [0.4, 0.5) is 0 Å². The molecule has 0 aromatic carbocycles. The molecule has 2 rings (SSSR count). The molecule has 0 spiro atoms. The molecule has 1 amide bonds. The number of carbonyl (C=O) groups is 1. The summed E-state index contributed by atoms with van der Waals surface area (Å²) in [5.41, 5.74) is 2.61. The highest BCUT2D eigenvalue weighted by Gasteiger charge is 2.10. The van der Waals surface area contributed by atoms with Gasteiger partial charge in [-0.2, -0.15) is 0 Å². The second-order valence-electron chi connectivity index (χ2n) is 3.38. The summed E-state index contributed by atoms with van der Waals surface area (Å²) in [7, 11) is 3.18. The SMILES string of the molecule is CC.CNC(=O)c1cnc2c(c1)c(C)cn2SI. The predicted octanol–water partition coefficient (Wildman–Crippen LogP) is 3.58. The average molecular weight is 377 g/mol. The molecule has 18 heavy (non-hydrogen) atoms. The number of rotatable bonds is 2. The normalized spacial score (nSPS) is 9.83. The molecular weight excluding hydrogens is 361 g/mol. The molecule has 0 radical (unpaired) electrons. The number of fused-ring (bicyclic) bond motifs is 1. The van der Waals surface area contributed by atoms with Gasteiger partial charge in [0.1, 0.15) is 0 Å². The van der Waals surface area contributed by atoms with Gasteiger partial charge < -0.3 is 5.32 Å². The highest BCUT2D eigenvalue weighted by Crippen LogP contribution is 2.26. The predicted molar refractivity (Wildman–Crippen MR) is 86.2 cm³/mol. The van der Waals surface area contributed by atoms with Crippen LogP contribution in [0.2, 0.25) is 0 Å². The fourth-order valence-corrected chi connectivity index (χ4v) is 2.86. The number of amides is 1. The maximum absolute atomic E-state index is 11.5. The molecule has 0 unspecified atom stereocenters. The molecule has 0 aliphatic heterocycles. The van der Waals surface area contributed by atoms with Crippen LogP contribution in [-0.2, 0) is 0 Å². The summed E-state index contributed by atoms with van der Waals surface area (Å²) < 4.78 is 1.98. The number of aromatic nitrogens is 2. The van der Waals surface area contributed by atoms with Crippen LogP contribution in [0.25, 0.3) is 11.0 Å². The molecule has 0 atom stereocenters. The minimum absolute atomic E-state index is 0.108. The van der Waals surface area contributed by atoms with Gasteiger partial charge in [-0.3, -0.25) is 8.77 Å². The fraction of sp³-hybridized carbons (Fsp3) is 0.333. The molecule has 4 nitrogen and oxygen atoms in total. The van der Waals surface area contributed by atoms with Gasteiger partial charge in [0, 0.05) is 55.2 Å². The number of aryl methyl sites for hydroxylation is 1. The summed E-state index contributed by atoms with van der Waals surface area (Å²) in [6, 6.07) is 1.87. The van der Waals surface area contributed by atoms with Crippen LogP contribution < -0.4 is 5.32 Å². The molecule has 2 heterocycles. The van der Waals surface area contributed by atoms with Crippen molar-refractivity contribution in [3.8, 4) is 0 Å². The van der Waals surface area contributed by atoms with Gasteiger partial charge in [-0.1, -0.05) is 13.8 Å². The first kappa shape index (κ1) is 15.3. The number of hydrogen-bond acceptors (Lipinski definition) is 3. The van der Waals surface area contributed by atoms with Crippen molar-refractivity contribution in [2.45, 2.75) is 20.8 Å². The summed E-state index contributed by atoms with van der Waals surface area (Å²) in [6.07, 6.45) is 3.62. The summed E-state index contributed by atoms with van der Waals surface area (Å²) in [4.78, 5) is 15.8. The number of nitrogens with one attached hydrogen (secondary N) is 1. The number of halogens is 1. The second-order valence-corrected chi connectivity index (χ2v) is 5.09. The number of hydrogen-bond donors (Lipinski definition) is 1. The van der Waals surface area contributed by atoms with Crippen molar-refractivity contribution in [1.29, 1.82) is 0 Å². The maximum Gasteiger partial charge on any atom is 0.252 e. The van der Waals surface area contributed by atoms with Crippen molar-refractivity contribution in [2.75, 3.05) is 7.05 Å². The Balaban J connectivity index is 0.000000771. The van der Waals surface area contributed by atoms with E-state index in [2.05, 4.69) is 31.5 Å². The second kappa shape index (κ2) is 6.98. The molecule has 2 aromatic rings. The van der Waals surface area contributed by atoms with Crippen molar-refractivity contribution in [3.63, 3.8) is 0 Å². The lowest BCUT2D eigenvalue weighted by Crippen LogP contribution is -2.17. The van der Waals surface area contributed by atoms with Crippen molar-refractivity contribution < 1.29 is 4.79 Å². The molecule has 0 saturated heterocycles. The van der Waals surface area contributed by atoms with Crippen LogP contribution >= 0.6 is 30.3 Å². The Hall–Kier alpha value is -0.760. The third-order valence-electron chi connectivity index (χ3n) is 2.37. The van der Waals surface area contributed by atoms with Crippen LogP contribution in [0.5, 0.6) is 0 Å². The van der Waals surface area contributed by atoms with E-state index in [0.717, 1.165) is 16.6 Å². The Morgan fingerprint density at radius 1 is 1.50 bits per heavy atom. The lowest BCUT2D eigenvalue weighted by Gasteiger charge is -2.00. The van der Waals surface area contributed by atoms with Crippen molar-refractivity contribution in [2.24, 2.45) is 0 Å². The first-order chi connectivity index (χ1) is 8.67. The Bertz CT molecular complexity index is 553. The van der Waals surface area contributed by atoms with Crippen LogP contribution in [0.1, 0.15) is 29.8 Å². The van der Waals surface area contributed by atoms with Crippen LogP contribution in [-0.4, -0.2) is 21.9 Å². The monoisotopic (exact) mass is 377 g/mol. The zero-order chi connectivity index (χ0) is 13.7. The van der Waals surface area contributed by atoms with Gasteiger partial charge in [0.25, 0.3) is 5.91 Å². The van der Waals surface area contributed by atoms with E-state index in [1.807, 2.05) is 37.0 Å². The molecule has 98 valence electrons. The van der Waals surface area contributed by atoms with Crippen molar-refractivity contribution >= 4 is 47.3 Å². The van der Waals surface area contributed by atoms with Gasteiger partial charge in [-0.05, 0) is 18.6 Å². The standard InChI is InChI=1S/C10H10IN3OS.C2H6/c1-6-5-14(16-11)9-8(6)3-7(4-13-9)10(15)12-2;1-2/h3-5H,1-2H3,(H,12,15);1-2H3. The van der Waals surface area contributed by atoms with E-state index < -0.39 is 0 Å². The third kappa shape index (κ3) is 2.97. The average Bonchev–Trinajstić information content (AvgIpc) is 2.76. The highest BCUT2D eigenvalue weighted by molar-refractivity contribution is 14.2. The Labute approximate surface area is 123 Å². The smallest absolute Gasteiger partial charge is 0.252 e. The van der Waals surface area contributed by atoms with E-state index in [0.29, 0.717) is 5.56 Å². The lowest BCUT2D eigenvalue weighted by molar-refractivity contribution is 0.0963. The molecule has 0 aliphatic carbocycles.